The summed E-state index contributed by atoms with van der Waals surface area (Å²) in [6, 6.07) is 29.8. The maximum absolute atomic E-state index is 3.96. The largest absolute Gasteiger partial charge is 0.310 e. The minimum Gasteiger partial charge on any atom is -0.310 e. The Morgan fingerprint density at radius 1 is 0.724 bits per heavy atom. The molecule has 0 aromatic heterocycles. The molecule has 0 atom stereocenters. The van der Waals surface area contributed by atoms with Crippen LogP contribution in [0.4, 0.5) is 11.4 Å². The molecule has 0 amide bonds. The first-order valence-corrected chi connectivity index (χ1v) is 10.1. The Bertz CT molecular complexity index is 1040. The zero-order valence-electron chi connectivity index (χ0n) is 16.5. The first-order valence-electron chi connectivity index (χ1n) is 10.1. The van der Waals surface area contributed by atoms with Crippen LogP contribution in [-0.2, 0) is 0 Å². The smallest absolute Gasteiger partial charge is 0.0530 e. The average Bonchev–Trinajstić information content (AvgIpc) is 2.81. The molecule has 4 rings (SSSR count). The zero-order valence-corrected chi connectivity index (χ0v) is 16.5. The van der Waals surface area contributed by atoms with Crippen molar-refractivity contribution in [3.63, 3.8) is 0 Å². The third kappa shape index (κ3) is 4.30. The van der Waals surface area contributed by atoms with E-state index in [-0.39, 0.29) is 0 Å². The third-order valence-electron chi connectivity index (χ3n) is 5.05. The zero-order chi connectivity index (χ0) is 19.9. The fourth-order valence-electron chi connectivity index (χ4n) is 3.65. The number of allylic oxidation sites excluding steroid dienone is 5. The highest BCUT2D eigenvalue weighted by Crippen LogP contribution is 2.35. The van der Waals surface area contributed by atoms with Gasteiger partial charge in [-0.1, -0.05) is 91.5 Å². The summed E-state index contributed by atoms with van der Waals surface area (Å²) in [4.78, 5) is 2.30. The minimum absolute atomic E-state index is 1.07. The van der Waals surface area contributed by atoms with Gasteiger partial charge in [-0.05, 0) is 59.9 Å². The molecule has 0 fully saturated rings. The van der Waals surface area contributed by atoms with Gasteiger partial charge in [-0.25, -0.2) is 0 Å². The van der Waals surface area contributed by atoms with Crippen molar-refractivity contribution in [3.05, 3.63) is 133 Å². The summed E-state index contributed by atoms with van der Waals surface area (Å²) in [5.74, 6) is 0. The Morgan fingerprint density at radius 3 is 1.97 bits per heavy atom. The van der Waals surface area contributed by atoms with Crippen molar-refractivity contribution >= 4 is 11.4 Å². The van der Waals surface area contributed by atoms with Crippen LogP contribution in [0.25, 0.3) is 11.1 Å². The van der Waals surface area contributed by atoms with Crippen molar-refractivity contribution in [2.24, 2.45) is 0 Å². The molecule has 3 aromatic carbocycles. The predicted molar refractivity (Wildman–Crippen MR) is 125 cm³/mol. The number of hydrogen-bond acceptors (Lipinski definition) is 1. The molecule has 1 heteroatoms. The van der Waals surface area contributed by atoms with Gasteiger partial charge in [-0.3, -0.25) is 0 Å². The first-order chi connectivity index (χ1) is 14.4. The van der Waals surface area contributed by atoms with E-state index in [9.17, 15) is 0 Å². The van der Waals surface area contributed by atoms with E-state index in [1.807, 2.05) is 12.1 Å². The Morgan fingerprint density at radius 2 is 1.34 bits per heavy atom. The van der Waals surface area contributed by atoms with E-state index in [4.69, 9.17) is 0 Å². The molecule has 0 saturated heterocycles. The van der Waals surface area contributed by atoms with Crippen molar-refractivity contribution in [1.82, 2.24) is 0 Å². The van der Waals surface area contributed by atoms with Crippen molar-refractivity contribution in [1.29, 1.82) is 0 Å². The summed E-state index contributed by atoms with van der Waals surface area (Å²) < 4.78 is 0. The fourth-order valence-corrected chi connectivity index (χ4v) is 3.65. The number of rotatable bonds is 6. The van der Waals surface area contributed by atoms with E-state index in [1.165, 1.54) is 16.7 Å². The molecule has 0 heterocycles. The molecule has 1 nitrogen and oxygen atoms in total. The van der Waals surface area contributed by atoms with Gasteiger partial charge >= 0.3 is 0 Å². The van der Waals surface area contributed by atoms with E-state index < -0.39 is 0 Å². The van der Waals surface area contributed by atoms with Gasteiger partial charge in [-0.2, -0.15) is 0 Å². The van der Waals surface area contributed by atoms with Crippen LogP contribution in [0.15, 0.2) is 133 Å². The van der Waals surface area contributed by atoms with Crippen LogP contribution in [0.5, 0.6) is 0 Å². The van der Waals surface area contributed by atoms with Crippen LogP contribution < -0.4 is 4.90 Å². The van der Waals surface area contributed by atoms with E-state index >= 15 is 0 Å². The molecule has 1 aliphatic carbocycles. The molecule has 0 unspecified atom stereocenters. The lowest BCUT2D eigenvalue weighted by molar-refractivity contribution is 1.01. The van der Waals surface area contributed by atoms with Crippen LogP contribution in [0, 0.1) is 0 Å². The Hall–Kier alpha value is -3.58. The molecular formula is C28H25N. The molecule has 0 saturated carbocycles. The van der Waals surface area contributed by atoms with Gasteiger partial charge in [0.2, 0.25) is 0 Å². The number of hydrogen-bond donors (Lipinski definition) is 0. The average molecular weight is 376 g/mol. The molecule has 29 heavy (non-hydrogen) atoms. The normalized spacial score (nSPS) is 13.7. The van der Waals surface area contributed by atoms with Gasteiger partial charge < -0.3 is 4.90 Å². The highest BCUT2D eigenvalue weighted by atomic mass is 15.1. The van der Waals surface area contributed by atoms with Crippen molar-refractivity contribution in [3.8, 4) is 11.1 Å². The van der Waals surface area contributed by atoms with Gasteiger partial charge in [0.15, 0.2) is 0 Å². The van der Waals surface area contributed by atoms with Crippen LogP contribution in [-0.4, -0.2) is 0 Å². The fraction of sp³-hybridized carbons (Fsp3) is 0.0714. The second-order valence-electron chi connectivity index (χ2n) is 7.01. The summed E-state index contributed by atoms with van der Waals surface area (Å²) in [5.41, 5.74) is 7.07. The lowest BCUT2D eigenvalue weighted by Crippen LogP contribution is -2.18. The van der Waals surface area contributed by atoms with E-state index in [2.05, 4.69) is 115 Å². The van der Waals surface area contributed by atoms with Crippen LogP contribution in [0.3, 0.4) is 0 Å². The van der Waals surface area contributed by atoms with Crippen molar-refractivity contribution in [2.75, 3.05) is 4.90 Å². The van der Waals surface area contributed by atoms with Crippen molar-refractivity contribution < 1.29 is 0 Å². The van der Waals surface area contributed by atoms with Crippen LogP contribution >= 0.6 is 0 Å². The van der Waals surface area contributed by atoms with Crippen molar-refractivity contribution in [2.45, 2.75) is 12.8 Å². The Kier molecular flexibility index (Phi) is 5.87. The minimum atomic E-state index is 1.07. The third-order valence-corrected chi connectivity index (χ3v) is 5.05. The maximum Gasteiger partial charge on any atom is 0.0530 e. The quantitative estimate of drug-likeness (QED) is 0.397. The number of nitrogens with zero attached hydrogens (tertiary/aromatic N) is 1. The van der Waals surface area contributed by atoms with Gasteiger partial charge in [0.1, 0.15) is 0 Å². The second-order valence-corrected chi connectivity index (χ2v) is 7.01. The molecule has 1 aliphatic rings. The summed E-state index contributed by atoms with van der Waals surface area (Å²) in [7, 11) is 0. The molecule has 3 aromatic rings. The summed E-state index contributed by atoms with van der Waals surface area (Å²) >= 11 is 0. The SMILES string of the molecule is C=C/C=C(\C1=CCCC=C1)N(c1ccccc1)c1ccc(-c2ccccc2)cc1. The Balaban J connectivity index is 1.79. The number of para-hydroxylation sites is 1. The summed E-state index contributed by atoms with van der Waals surface area (Å²) in [5, 5.41) is 0. The maximum atomic E-state index is 3.96. The van der Waals surface area contributed by atoms with Gasteiger partial charge in [0, 0.05) is 11.4 Å². The second kappa shape index (κ2) is 9.07. The molecule has 0 bridgehead atoms. The summed E-state index contributed by atoms with van der Waals surface area (Å²) in [6.07, 6.45) is 12.9. The van der Waals surface area contributed by atoms with E-state index in [0.29, 0.717) is 0 Å². The topological polar surface area (TPSA) is 3.24 Å². The highest BCUT2D eigenvalue weighted by Gasteiger charge is 2.17. The Labute approximate surface area is 173 Å². The highest BCUT2D eigenvalue weighted by molar-refractivity contribution is 5.75. The monoisotopic (exact) mass is 375 g/mol. The lowest BCUT2D eigenvalue weighted by Gasteiger charge is -2.29. The van der Waals surface area contributed by atoms with Gasteiger partial charge in [0.05, 0.1) is 5.70 Å². The van der Waals surface area contributed by atoms with Crippen LogP contribution in [0.1, 0.15) is 12.8 Å². The molecule has 0 aliphatic heterocycles. The van der Waals surface area contributed by atoms with Gasteiger partial charge in [-0.15, -0.1) is 0 Å². The molecule has 142 valence electrons. The predicted octanol–water partition coefficient (Wildman–Crippen LogP) is 7.84. The number of anilines is 2. The number of benzene rings is 3. The molecule has 0 N–H and O–H groups in total. The lowest BCUT2D eigenvalue weighted by atomic mass is 10.0. The summed E-state index contributed by atoms with van der Waals surface area (Å²) in [6.45, 7) is 3.96. The van der Waals surface area contributed by atoms with Crippen LogP contribution in [0.2, 0.25) is 0 Å². The van der Waals surface area contributed by atoms with E-state index in [0.717, 1.165) is 29.9 Å². The molecule has 0 spiro atoms. The standard InChI is InChI=1S/C28H25N/c1-2-12-28(25-15-8-4-9-16-25)29(26-17-10-5-11-18-26)27-21-19-24(20-22-27)23-13-6-3-7-14-23/h2-3,5-8,10-22H,1,4,9H2/b28-12+. The van der Waals surface area contributed by atoms with E-state index in [1.54, 1.807) is 0 Å². The molecular weight excluding hydrogens is 350 g/mol. The molecule has 0 radical (unpaired) electrons. The van der Waals surface area contributed by atoms with Gasteiger partial charge in [0.25, 0.3) is 0 Å². The first kappa shape index (κ1) is 18.8.